The van der Waals surface area contributed by atoms with E-state index < -0.39 is 39.3 Å². The van der Waals surface area contributed by atoms with Crippen LogP contribution in [-0.2, 0) is 95.3 Å². The van der Waals surface area contributed by atoms with Gasteiger partial charge in [-0.25, -0.2) is 4.79 Å². The highest BCUT2D eigenvalue weighted by Gasteiger charge is 2.59. The monoisotopic (exact) mass is 1680 g/mol. The average Bonchev–Trinajstić information content (AvgIpc) is 0.729. The van der Waals surface area contributed by atoms with E-state index in [2.05, 4.69) is 6.92 Å². The van der Waals surface area contributed by atoms with Crippen LogP contribution < -0.4 is 0 Å². The molecule has 0 N–H and O–H groups in total. The van der Waals surface area contributed by atoms with Crippen molar-refractivity contribution in [1.82, 2.24) is 0 Å². The third-order valence-corrected chi connectivity index (χ3v) is 33.6. The van der Waals surface area contributed by atoms with Gasteiger partial charge >= 0.3 is 59.7 Å². The first-order chi connectivity index (χ1) is 56.6. The van der Waals surface area contributed by atoms with Gasteiger partial charge in [-0.2, -0.15) is 0 Å². The van der Waals surface area contributed by atoms with Crippen LogP contribution in [0.4, 0.5) is 0 Å². The Hall–Kier alpha value is -5.30. The van der Waals surface area contributed by atoms with Crippen molar-refractivity contribution in [3.63, 3.8) is 0 Å². The molecule has 0 aromatic carbocycles. The summed E-state index contributed by atoms with van der Waals surface area (Å²) in [6.45, 7) is 34.9. The number of ether oxygens (including phenoxy) is 10. The van der Waals surface area contributed by atoms with E-state index in [-0.39, 0.29) is 109 Å². The first-order valence-electron chi connectivity index (χ1n) is 48.5. The average molecular weight is 1680 g/mol. The van der Waals surface area contributed by atoms with Crippen LogP contribution >= 0.6 is 0 Å². The van der Waals surface area contributed by atoms with Crippen LogP contribution in [0.1, 0.15) is 362 Å². The Kier molecular flexibility index (Phi) is 32.2. The molecule has 20 aliphatic carbocycles. The molecular weight excluding hydrogens is 1520 g/mol. The quantitative estimate of drug-likeness (QED) is 0.0344. The summed E-state index contributed by atoms with van der Waals surface area (Å²) in [4.78, 5) is 121. The zero-order chi connectivity index (χ0) is 87.1. The van der Waals surface area contributed by atoms with E-state index >= 15 is 0 Å². The smallest absolute Gasteiger partial charge is 0.347 e. The molecule has 0 aliphatic heterocycles. The van der Waals surface area contributed by atoms with Crippen molar-refractivity contribution in [1.29, 1.82) is 0 Å². The molecule has 0 heterocycles. The highest BCUT2D eigenvalue weighted by Crippen LogP contribution is 2.61. The SMILES string of the molecule is CCC(C)(C)C(=O)OC(C)C(=O)OC1C2CC3CC(C2)CC1C3.CCC(C)(C)C(=O)OC(C)CC(=O)OC1C2CC3CC(C2)CC1C3.CCC(C)(C)C(=O)OCCC(=O)OC1(C)C2CC3CC(C2)CC1C3.CCC(C)(C)C(=O)OCCCC(=O)OC1C2CC3CC(C2)CC1C3.CCC(C)(C)C(=O)OCCCCC(=O)OC1C2CC3CC(C2)CC1C3. The Labute approximate surface area is 721 Å². The van der Waals surface area contributed by atoms with Crippen LogP contribution in [0.25, 0.3) is 0 Å². The molecule has 0 radical (unpaired) electrons. The van der Waals surface area contributed by atoms with Crippen LogP contribution in [0.15, 0.2) is 0 Å². The third-order valence-electron chi connectivity index (χ3n) is 33.6. The molecule has 0 saturated heterocycles. The maximum Gasteiger partial charge on any atom is 0.347 e. The molecular formula is C100H160O20. The normalized spacial score (nSPS) is 35.4. The van der Waals surface area contributed by atoms with Crippen molar-refractivity contribution in [3.05, 3.63) is 0 Å². The van der Waals surface area contributed by atoms with Gasteiger partial charge in [0.1, 0.15) is 42.7 Å². The van der Waals surface area contributed by atoms with Crippen LogP contribution in [0.3, 0.4) is 0 Å². The van der Waals surface area contributed by atoms with Crippen LogP contribution in [0.5, 0.6) is 0 Å². The van der Waals surface area contributed by atoms with Crippen molar-refractivity contribution < 1.29 is 95.3 Å². The molecule has 20 heteroatoms. The molecule has 2 unspecified atom stereocenters. The lowest BCUT2D eigenvalue weighted by Crippen LogP contribution is -2.58. The minimum absolute atomic E-state index is 0.0515. The molecule has 20 rings (SSSR count). The lowest BCUT2D eigenvalue weighted by Gasteiger charge is -2.59. The number of carbonyl (C=O) groups is 10. The summed E-state index contributed by atoms with van der Waals surface area (Å²) in [6, 6.07) is 0. The van der Waals surface area contributed by atoms with Gasteiger partial charge in [0.05, 0.1) is 53.1 Å². The van der Waals surface area contributed by atoms with Crippen molar-refractivity contribution >= 4 is 59.7 Å². The lowest BCUT2D eigenvalue weighted by atomic mass is 9.50. The van der Waals surface area contributed by atoms with Crippen molar-refractivity contribution in [2.45, 2.75) is 404 Å². The molecule has 20 nitrogen and oxygen atoms in total. The molecule has 2 atom stereocenters. The zero-order valence-corrected chi connectivity index (χ0v) is 77.5. The highest BCUT2D eigenvalue weighted by atomic mass is 16.6. The van der Waals surface area contributed by atoms with E-state index in [4.69, 9.17) is 47.4 Å². The van der Waals surface area contributed by atoms with Crippen LogP contribution in [0.2, 0.25) is 0 Å². The summed E-state index contributed by atoms with van der Waals surface area (Å²) in [5.41, 5.74) is -2.70. The Morgan fingerprint density at radius 1 is 0.300 bits per heavy atom. The summed E-state index contributed by atoms with van der Waals surface area (Å²) >= 11 is 0. The second-order valence-corrected chi connectivity index (χ2v) is 44.8. The van der Waals surface area contributed by atoms with E-state index in [9.17, 15) is 47.9 Å². The summed E-state index contributed by atoms with van der Waals surface area (Å²) in [7, 11) is 0. The van der Waals surface area contributed by atoms with E-state index in [0.717, 1.165) is 97.7 Å². The van der Waals surface area contributed by atoms with Crippen LogP contribution in [0, 0.1) is 145 Å². The molecule has 20 fully saturated rings. The Morgan fingerprint density at radius 2 is 0.567 bits per heavy atom. The zero-order valence-electron chi connectivity index (χ0n) is 77.5. The van der Waals surface area contributed by atoms with E-state index in [1.54, 1.807) is 13.8 Å². The van der Waals surface area contributed by atoms with Gasteiger partial charge in [-0.05, 0) is 420 Å². The van der Waals surface area contributed by atoms with Gasteiger partial charge in [0.25, 0.3) is 0 Å². The van der Waals surface area contributed by atoms with E-state index in [1.165, 1.54) is 161 Å². The van der Waals surface area contributed by atoms with Crippen LogP contribution in [-0.4, -0.2) is 122 Å². The number of unbranched alkanes of at least 4 members (excludes halogenated alkanes) is 1. The summed E-state index contributed by atoms with van der Waals surface area (Å²) < 4.78 is 56.0. The molecule has 20 saturated carbocycles. The summed E-state index contributed by atoms with van der Waals surface area (Å²) in [5.74, 6) is 12.4. The third kappa shape index (κ3) is 24.1. The van der Waals surface area contributed by atoms with Gasteiger partial charge in [0.15, 0.2) is 6.10 Å². The summed E-state index contributed by atoms with van der Waals surface area (Å²) in [5, 5.41) is 0. The fraction of sp³-hybridized carbons (Fsp3) is 0.900. The fourth-order valence-corrected chi connectivity index (χ4v) is 25.1. The predicted molar refractivity (Wildman–Crippen MR) is 456 cm³/mol. The van der Waals surface area contributed by atoms with Gasteiger partial charge in [-0.3, -0.25) is 43.2 Å². The number of carbonyl (C=O) groups excluding carboxylic acids is 10. The van der Waals surface area contributed by atoms with Gasteiger partial charge in [-0.15, -0.1) is 0 Å². The Balaban J connectivity index is 0.000000147. The number of rotatable bonds is 32. The van der Waals surface area contributed by atoms with E-state index in [0.29, 0.717) is 98.1 Å². The molecule has 120 heavy (non-hydrogen) atoms. The maximum atomic E-state index is 12.4. The van der Waals surface area contributed by atoms with Gasteiger partial charge in [-0.1, -0.05) is 34.6 Å². The van der Waals surface area contributed by atoms with Crippen molar-refractivity contribution in [2.24, 2.45) is 145 Å². The summed E-state index contributed by atoms with van der Waals surface area (Å²) in [6.07, 6.45) is 37.8. The minimum Gasteiger partial charge on any atom is -0.465 e. The molecule has 0 aromatic rings. The second kappa shape index (κ2) is 40.6. The fourth-order valence-electron chi connectivity index (χ4n) is 25.1. The van der Waals surface area contributed by atoms with Crippen molar-refractivity contribution in [3.8, 4) is 0 Å². The highest BCUT2D eigenvalue weighted by molar-refractivity contribution is 5.82. The molecule has 0 aromatic heterocycles. The lowest BCUT2D eigenvalue weighted by molar-refractivity contribution is -0.204. The predicted octanol–water partition coefficient (Wildman–Crippen LogP) is 20.6. The number of hydrogen-bond donors (Lipinski definition) is 0. The van der Waals surface area contributed by atoms with Gasteiger partial charge in [0.2, 0.25) is 0 Å². The largest absolute Gasteiger partial charge is 0.465 e. The standard InChI is InChI=1S/C21H34O4.3C20H32O4.C19H30O4/c1-4-21(2,3)20(23)24-8-6-5-7-18(22)25-19-16-10-14-9-15(12-16)13-17(19)11-14;1-5-20(3,4)19(22)23-12(2)6-17(21)24-18-15-8-13-7-14(10-15)11-16(18)9-13;1-5-19(2,3)18(22)23-7-6-17(21)24-20(4)15-9-13-8-14(11-15)12-16(20)10-13;1-4-20(2,3)19(22)23-7-5-6-17(21)24-18-15-9-13-8-14(11-15)12-16(18)10-13;1-5-19(3,4)18(21)22-11(2)17(20)23-16-14-7-12-6-13(9-14)10-15(16)8-12/h14-17,19H,4-13H2,1-3H3;12-16,18H,5-11H2,1-4H3;13-16H,5-12H2,1-4H3;13-16,18H,4-12H2,1-3H3;11-16H,5-10H2,1-4H3. The number of hydrogen-bond acceptors (Lipinski definition) is 20. The Bertz CT molecular complexity index is 3360. The second-order valence-electron chi connectivity index (χ2n) is 44.8. The minimum atomic E-state index is -0.814. The molecule has 0 spiro atoms. The van der Waals surface area contributed by atoms with Gasteiger partial charge in [0, 0.05) is 12.8 Å². The molecule has 0 amide bonds. The van der Waals surface area contributed by atoms with Gasteiger partial charge < -0.3 is 47.4 Å². The molecule has 20 bridgehead atoms. The van der Waals surface area contributed by atoms with E-state index in [1.807, 2.05) is 104 Å². The molecule has 680 valence electrons. The first-order valence-corrected chi connectivity index (χ1v) is 48.5. The Morgan fingerprint density at radius 3 is 0.892 bits per heavy atom. The first kappa shape index (κ1) is 95.4. The van der Waals surface area contributed by atoms with Crippen molar-refractivity contribution in [2.75, 3.05) is 19.8 Å². The topological polar surface area (TPSA) is 263 Å². The maximum absolute atomic E-state index is 12.4. The molecule has 20 aliphatic rings. The number of esters is 10.